The van der Waals surface area contributed by atoms with Crippen molar-refractivity contribution < 1.29 is 17.9 Å². The number of halogens is 4. The zero-order valence-corrected chi connectivity index (χ0v) is 19.1. The van der Waals surface area contributed by atoms with Crippen molar-refractivity contribution in [2.45, 2.75) is 26.6 Å². The molecule has 0 N–H and O–H groups in total. The fourth-order valence-electron chi connectivity index (χ4n) is 3.42. The van der Waals surface area contributed by atoms with E-state index in [4.69, 9.17) is 16.3 Å². The molecule has 0 saturated heterocycles. The highest BCUT2D eigenvalue weighted by Crippen LogP contribution is 2.34. The van der Waals surface area contributed by atoms with Crippen LogP contribution in [0.3, 0.4) is 0 Å². The van der Waals surface area contributed by atoms with E-state index < -0.39 is 17.4 Å². The molecule has 34 heavy (non-hydrogen) atoms. The fourth-order valence-corrected chi connectivity index (χ4v) is 3.69. The Kier molecular flexibility index (Phi) is 6.18. The number of ether oxygens (including phenoxy) is 1. The molecule has 0 spiro atoms. The number of pyridine rings is 1. The third-order valence-electron chi connectivity index (χ3n) is 5.30. The summed E-state index contributed by atoms with van der Waals surface area (Å²) in [5.74, 6) is 0.487. The lowest BCUT2D eigenvalue weighted by molar-refractivity contribution is -0.137. The standard InChI is InChI=1S/C23H19ClF3N5O2/c1-13-5-4-6-19(32-22(33)31(3)29-30-32)21(13)34-12-16-8-7-15(9-14(16)2)20-18(24)10-17(11-28-20)23(25,26)27/h4-11H,12H2,1-3H3. The van der Waals surface area contributed by atoms with Gasteiger partial charge in [-0.15, -0.1) is 0 Å². The number of hydrogen-bond donors (Lipinski definition) is 0. The lowest BCUT2D eigenvalue weighted by Gasteiger charge is -2.15. The van der Waals surface area contributed by atoms with Gasteiger partial charge in [-0.25, -0.2) is 4.79 Å². The van der Waals surface area contributed by atoms with Crippen molar-refractivity contribution in [3.05, 3.63) is 86.4 Å². The van der Waals surface area contributed by atoms with Gasteiger partial charge in [-0.05, 0) is 59.2 Å². The minimum absolute atomic E-state index is 0.0859. The van der Waals surface area contributed by atoms with Crippen molar-refractivity contribution in [1.29, 1.82) is 0 Å². The molecule has 7 nitrogen and oxygen atoms in total. The molecule has 0 atom stereocenters. The summed E-state index contributed by atoms with van der Waals surface area (Å²) in [6.45, 7) is 3.90. The SMILES string of the molecule is Cc1cc(-c2ncc(C(F)(F)F)cc2Cl)ccc1COc1c(C)cccc1-n1nnn(C)c1=O. The summed E-state index contributed by atoms with van der Waals surface area (Å²) in [6, 6.07) is 11.5. The van der Waals surface area contributed by atoms with E-state index >= 15 is 0 Å². The van der Waals surface area contributed by atoms with Gasteiger partial charge in [0, 0.05) is 18.8 Å². The summed E-state index contributed by atoms with van der Waals surface area (Å²) in [6.07, 6.45) is -3.75. The predicted octanol–water partition coefficient (Wildman–Crippen LogP) is 4.90. The smallest absolute Gasteiger partial charge is 0.417 e. The Hall–Kier alpha value is -3.66. The molecule has 4 rings (SSSR count). The molecular weight excluding hydrogens is 471 g/mol. The van der Waals surface area contributed by atoms with Crippen LogP contribution in [-0.4, -0.2) is 24.8 Å². The second-order valence-corrected chi connectivity index (χ2v) is 8.11. The molecular formula is C23H19ClF3N5O2. The van der Waals surface area contributed by atoms with Crippen LogP contribution in [0.15, 0.2) is 53.5 Å². The molecule has 0 amide bonds. The lowest BCUT2D eigenvalue weighted by atomic mass is 10.0. The first kappa shape index (κ1) is 23.5. The van der Waals surface area contributed by atoms with Crippen LogP contribution in [0.5, 0.6) is 5.75 Å². The molecule has 0 aliphatic carbocycles. The van der Waals surface area contributed by atoms with Crippen LogP contribution in [0.4, 0.5) is 13.2 Å². The van der Waals surface area contributed by atoms with Gasteiger partial charge in [0.25, 0.3) is 0 Å². The Bertz CT molecular complexity index is 1430. The van der Waals surface area contributed by atoms with Gasteiger partial charge in [0.05, 0.1) is 16.3 Å². The van der Waals surface area contributed by atoms with Crippen molar-refractivity contribution in [2.24, 2.45) is 7.05 Å². The predicted molar refractivity (Wildman–Crippen MR) is 120 cm³/mol. The minimum atomic E-state index is -4.52. The number of hydrogen-bond acceptors (Lipinski definition) is 5. The summed E-state index contributed by atoms with van der Waals surface area (Å²) in [4.78, 5) is 16.2. The zero-order valence-electron chi connectivity index (χ0n) is 18.4. The molecule has 0 unspecified atom stereocenters. The van der Waals surface area contributed by atoms with Crippen LogP contribution in [0.25, 0.3) is 16.9 Å². The highest BCUT2D eigenvalue weighted by atomic mass is 35.5. The van der Waals surface area contributed by atoms with Gasteiger partial charge < -0.3 is 4.74 Å². The molecule has 2 aromatic carbocycles. The van der Waals surface area contributed by atoms with Crippen molar-refractivity contribution in [3.8, 4) is 22.7 Å². The second-order valence-electron chi connectivity index (χ2n) is 7.70. The number of nitrogens with zero attached hydrogens (tertiary/aromatic N) is 5. The molecule has 4 aromatic rings. The zero-order chi connectivity index (χ0) is 24.6. The van der Waals surface area contributed by atoms with Gasteiger partial charge in [0.15, 0.2) is 0 Å². The summed E-state index contributed by atoms with van der Waals surface area (Å²) >= 11 is 6.08. The summed E-state index contributed by atoms with van der Waals surface area (Å²) < 4.78 is 47.0. The number of para-hydroxylation sites is 1. The van der Waals surface area contributed by atoms with E-state index in [1.54, 1.807) is 30.3 Å². The molecule has 0 aliphatic heterocycles. The molecule has 0 aliphatic rings. The molecule has 0 fully saturated rings. The maximum atomic E-state index is 12.9. The van der Waals surface area contributed by atoms with Gasteiger partial charge in [-0.3, -0.25) is 4.98 Å². The Balaban J connectivity index is 1.60. The van der Waals surface area contributed by atoms with Crippen molar-refractivity contribution >= 4 is 11.6 Å². The van der Waals surface area contributed by atoms with Gasteiger partial charge in [0.1, 0.15) is 18.0 Å². The number of aromatic nitrogens is 5. The van der Waals surface area contributed by atoms with Gasteiger partial charge in [0.2, 0.25) is 0 Å². The Morgan fingerprint density at radius 3 is 2.44 bits per heavy atom. The molecule has 0 radical (unpaired) electrons. The number of tetrazole rings is 1. The van der Waals surface area contributed by atoms with E-state index in [0.717, 1.165) is 38.3 Å². The number of rotatable bonds is 5. The topological polar surface area (TPSA) is 74.8 Å². The minimum Gasteiger partial charge on any atom is -0.486 e. The van der Waals surface area contributed by atoms with E-state index in [9.17, 15) is 18.0 Å². The quantitative estimate of drug-likeness (QED) is 0.399. The molecule has 2 aromatic heterocycles. The first-order chi connectivity index (χ1) is 16.1. The van der Waals surface area contributed by atoms with Crippen molar-refractivity contribution in [3.63, 3.8) is 0 Å². The first-order valence-electron chi connectivity index (χ1n) is 10.1. The first-order valence-corrected chi connectivity index (χ1v) is 10.5. The van der Waals surface area contributed by atoms with Crippen LogP contribution in [0.2, 0.25) is 5.02 Å². The monoisotopic (exact) mass is 489 g/mol. The fraction of sp³-hybridized carbons (Fsp3) is 0.217. The Morgan fingerprint density at radius 1 is 1.06 bits per heavy atom. The van der Waals surface area contributed by atoms with Crippen LogP contribution in [0.1, 0.15) is 22.3 Å². The molecule has 0 bridgehead atoms. The van der Waals surface area contributed by atoms with E-state index in [2.05, 4.69) is 15.4 Å². The molecule has 2 heterocycles. The summed E-state index contributed by atoms with van der Waals surface area (Å²) in [5.41, 5.74) is 2.49. The van der Waals surface area contributed by atoms with E-state index in [-0.39, 0.29) is 17.3 Å². The largest absolute Gasteiger partial charge is 0.486 e. The Morgan fingerprint density at radius 2 is 1.82 bits per heavy atom. The highest BCUT2D eigenvalue weighted by Gasteiger charge is 2.31. The molecule has 176 valence electrons. The summed E-state index contributed by atoms with van der Waals surface area (Å²) in [5, 5.41) is 7.54. The normalized spacial score (nSPS) is 11.6. The lowest BCUT2D eigenvalue weighted by Crippen LogP contribution is -2.22. The number of benzene rings is 2. The van der Waals surface area contributed by atoms with Crippen LogP contribution < -0.4 is 10.4 Å². The Labute approximate surface area is 197 Å². The van der Waals surface area contributed by atoms with Gasteiger partial charge >= 0.3 is 11.9 Å². The van der Waals surface area contributed by atoms with E-state index in [1.165, 1.54) is 7.05 Å². The molecule has 11 heteroatoms. The van der Waals surface area contributed by atoms with Crippen LogP contribution >= 0.6 is 11.6 Å². The molecule has 0 saturated carbocycles. The average Bonchev–Trinajstić information content (AvgIpc) is 3.11. The van der Waals surface area contributed by atoms with E-state index in [1.807, 2.05) is 19.9 Å². The van der Waals surface area contributed by atoms with Crippen LogP contribution in [-0.2, 0) is 19.8 Å². The van der Waals surface area contributed by atoms with Crippen LogP contribution in [0, 0.1) is 13.8 Å². The van der Waals surface area contributed by atoms with E-state index in [0.29, 0.717) is 17.0 Å². The third-order valence-corrected chi connectivity index (χ3v) is 5.59. The maximum absolute atomic E-state index is 12.9. The van der Waals surface area contributed by atoms with Gasteiger partial charge in [-0.1, -0.05) is 35.9 Å². The van der Waals surface area contributed by atoms with Crippen molar-refractivity contribution in [2.75, 3.05) is 0 Å². The van der Waals surface area contributed by atoms with Gasteiger partial charge in [-0.2, -0.15) is 22.5 Å². The van der Waals surface area contributed by atoms with Crippen molar-refractivity contribution in [1.82, 2.24) is 24.8 Å². The average molecular weight is 490 g/mol. The number of alkyl halides is 3. The number of aryl methyl sites for hydroxylation is 3. The summed E-state index contributed by atoms with van der Waals surface area (Å²) in [7, 11) is 1.50. The second kappa shape index (κ2) is 8.94. The maximum Gasteiger partial charge on any atom is 0.417 e. The highest BCUT2D eigenvalue weighted by molar-refractivity contribution is 6.33. The third kappa shape index (κ3) is 4.54.